The number of hydrogen-bond acceptors (Lipinski definition) is 3. The Morgan fingerprint density at radius 2 is 2.20 bits per heavy atom. The third-order valence-corrected chi connectivity index (χ3v) is 2.78. The van der Waals surface area contributed by atoms with Gasteiger partial charge < -0.3 is 10.4 Å². The summed E-state index contributed by atoms with van der Waals surface area (Å²) in [6.45, 7) is -0.107. The van der Waals surface area contributed by atoms with E-state index in [-0.39, 0.29) is 19.0 Å². The van der Waals surface area contributed by atoms with Crippen molar-refractivity contribution in [3.63, 3.8) is 0 Å². The van der Waals surface area contributed by atoms with Gasteiger partial charge in [-0.2, -0.15) is 0 Å². The summed E-state index contributed by atoms with van der Waals surface area (Å²) in [6.07, 6.45) is 2.09. The summed E-state index contributed by atoms with van der Waals surface area (Å²) < 4.78 is 13.2. The number of imide groups is 1. The maximum atomic E-state index is 13.2. The highest BCUT2D eigenvalue weighted by atomic mass is 19.1. The Morgan fingerprint density at radius 3 is 2.80 bits per heavy atom. The van der Waals surface area contributed by atoms with Crippen LogP contribution < -0.4 is 5.32 Å². The SMILES string of the molecule is O=C(O)C=Cc1cc(F)ccc1CN1C(=O)CNC1=O. The van der Waals surface area contributed by atoms with Crippen molar-refractivity contribution in [2.24, 2.45) is 0 Å². The number of rotatable bonds is 4. The monoisotopic (exact) mass is 278 g/mol. The van der Waals surface area contributed by atoms with Gasteiger partial charge in [-0.25, -0.2) is 14.0 Å². The van der Waals surface area contributed by atoms with Crippen LogP contribution in [0.25, 0.3) is 6.08 Å². The molecule has 1 heterocycles. The number of carbonyl (C=O) groups excluding carboxylic acids is 2. The number of hydrogen-bond donors (Lipinski definition) is 2. The van der Waals surface area contributed by atoms with E-state index in [1.54, 1.807) is 0 Å². The first-order chi connectivity index (χ1) is 9.47. The lowest BCUT2D eigenvalue weighted by atomic mass is 10.1. The minimum absolute atomic E-state index is 0.0375. The van der Waals surface area contributed by atoms with Crippen LogP contribution >= 0.6 is 0 Å². The summed E-state index contributed by atoms with van der Waals surface area (Å²) in [5.41, 5.74) is 0.786. The van der Waals surface area contributed by atoms with Gasteiger partial charge in [0.05, 0.1) is 13.1 Å². The molecule has 3 amide bonds. The third-order valence-electron chi connectivity index (χ3n) is 2.78. The molecule has 20 heavy (non-hydrogen) atoms. The molecule has 0 spiro atoms. The molecule has 0 saturated carbocycles. The summed E-state index contributed by atoms with van der Waals surface area (Å²) in [7, 11) is 0. The van der Waals surface area contributed by atoms with Crippen molar-refractivity contribution >= 4 is 24.0 Å². The van der Waals surface area contributed by atoms with Crippen LogP contribution in [0.1, 0.15) is 11.1 Å². The van der Waals surface area contributed by atoms with Crippen molar-refractivity contribution in [2.75, 3.05) is 6.54 Å². The van der Waals surface area contributed by atoms with Crippen molar-refractivity contribution < 1.29 is 23.9 Å². The first kappa shape index (κ1) is 13.7. The zero-order valence-electron chi connectivity index (χ0n) is 10.3. The molecule has 1 aliphatic heterocycles. The van der Waals surface area contributed by atoms with Gasteiger partial charge in [0.25, 0.3) is 0 Å². The molecule has 1 aliphatic rings. The number of nitrogens with one attached hydrogen (secondary N) is 1. The predicted molar refractivity (Wildman–Crippen MR) is 67.0 cm³/mol. The zero-order chi connectivity index (χ0) is 14.7. The zero-order valence-corrected chi connectivity index (χ0v) is 10.3. The van der Waals surface area contributed by atoms with Crippen molar-refractivity contribution in [2.45, 2.75) is 6.54 Å². The highest BCUT2D eigenvalue weighted by molar-refractivity contribution is 6.01. The van der Waals surface area contributed by atoms with Gasteiger partial charge in [-0.1, -0.05) is 6.07 Å². The predicted octanol–water partition coefficient (Wildman–Crippen LogP) is 0.975. The van der Waals surface area contributed by atoms with Crippen LogP contribution in [0.3, 0.4) is 0 Å². The van der Waals surface area contributed by atoms with Gasteiger partial charge in [-0.15, -0.1) is 0 Å². The molecule has 6 nitrogen and oxygen atoms in total. The number of halogens is 1. The van der Waals surface area contributed by atoms with E-state index >= 15 is 0 Å². The molecule has 0 atom stereocenters. The third kappa shape index (κ3) is 3.00. The molecular formula is C13H11FN2O4. The van der Waals surface area contributed by atoms with E-state index in [0.717, 1.165) is 17.0 Å². The van der Waals surface area contributed by atoms with Crippen LogP contribution in [0.5, 0.6) is 0 Å². The van der Waals surface area contributed by atoms with Crippen molar-refractivity contribution in [1.82, 2.24) is 10.2 Å². The number of urea groups is 1. The number of benzene rings is 1. The molecule has 0 bridgehead atoms. The fraction of sp³-hybridized carbons (Fsp3) is 0.154. The lowest BCUT2D eigenvalue weighted by Gasteiger charge is -2.14. The van der Waals surface area contributed by atoms with Gasteiger partial charge in [0, 0.05) is 6.08 Å². The largest absolute Gasteiger partial charge is 0.478 e. The molecule has 2 rings (SSSR count). The number of carboxylic acids is 1. The van der Waals surface area contributed by atoms with Crippen LogP contribution in [-0.2, 0) is 16.1 Å². The lowest BCUT2D eigenvalue weighted by Crippen LogP contribution is -2.30. The quantitative estimate of drug-likeness (QED) is 0.635. The average molecular weight is 278 g/mol. The molecule has 0 unspecified atom stereocenters. The molecule has 7 heteroatoms. The Bertz CT molecular complexity index is 596. The summed E-state index contributed by atoms with van der Waals surface area (Å²) in [6, 6.07) is 3.22. The number of nitrogens with zero attached hydrogens (tertiary/aromatic N) is 1. The van der Waals surface area contributed by atoms with Gasteiger partial charge in [0.2, 0.25) is 5.91 Å². The van der Waals surface area contributed by atoms with Crippen molar-refractivity contribution in [3.8, 4) is 0 Å². The van der Waals surface area contributed by atoms with Gasteiger partial charge >= 0.3 is 12.0 Å². The van der Waals surface area contributed by atoms with E-state index in [1.165, 1.54) is 18.2 Å². The molecule has 1 saturated heterocycles. The smallest absolute Gasteiger partial charge is 0.328 e. The molecule has 2 N–H and O–H groups in total. The fourth-order valence-electron chi connectivity index (χ4n) is 1.81. The van der Waals surface area contributed by atoms with E-state index in [9.17, 15) is 18.8 Å². The first-order valence-corrected chi connectivity index (χ1v) is 5.75. The Kier molecular flexibility index (Phi) is 3.79. The van der Waals surface area contributed by atoms with E-state index in [4.69, 9.17) is 5.11 Å². The molecule has 0 radical (unpaired) electrons. The van der Waals surface area contributed by atoms with Crippen LogP contribution in [0, 0.1) is 5.82 Å². The Morgan fingerprint density at radius 1 is 1.45 bits per heavy atom. The van der Waals surface area contributed by atoms with E-state index in [0.29, 0.717) is 11.1 Å². The van der Waals surface area contributed by atoms with Gasteiger partial charge in [0.1, 0.15) is 5.82 Å². The van der Waals surface area contributed by atoms with Gasteiger partial charge in [-0.05, 0) is 29.3 Å². The normalized spacial score (nSPS) is 14.9. The molecule has 1 aromatic rings. The van der Waals surface area contributed by atoms with Crippen LogP contribution in [-0.4, -0.2) is 34.5 Å². The second kappa shape index (κ2) is 5.52. The molecule has 1 aromatic carbocycles. The summed E-state index contributed by atoms with van der Waals surface area (Å²) >= 11 is 0. The van der Waals surface area contributed by atoms with Crippen molar-refractivity contribution in [1.29, 1.82) is 0 Å². The van der Waals surface area contributed by atoms with E-state index in [2.05, 4.69) is 5.32 Å². The second-order valence-corrected chi connectivity index (χ2v) is 4.15. The highest BCUT2D eigenvalue weighted by Gasteiger charge is 2.28. The Balaban J connectivity index is 2.29. The number of amides is 3. The first-order valence-electron chi connectivity index (χ1n) is 5.75. The minimum atomic E-state index is -1.17. The number of carbonyl (C=O) groups is 3. The van der Waals surface area contributed by atoms with Crippen LogP contribution in [0.2, 0.25) is 0 Å². The van der Waals surface area contributed by atoms with Gasteiger partial charge in [-0.3, -0.25) is 9.69 Å². The summed E-state index contributed by atoms with van der Waals surface area (Å²) in [5, 5.41) is 11.0. The molecular weight excluding hydrogens is 267 g/mol. The standard InChI is InChI=1S/C13H11FN2O4/c14-10-3-1-9(8(5-10)2-4-12(18)19)7-16-11(17)6-15-13(16)20/h1-5H,6-7H2,(H,15,20)(H,18,19). The second-order valence-electron chi connectivity index (χ2n) is 4.15. The fourth-order valence-corrected chi connectivity index (χ4v) is 1.81. The molecule has 0 aliphatic carbocycles. The summed E-state index contributed by atoms with van der Waals surface area (Å²) in [4.78, 5) is 34.4. The van der Waals surface area contributed by atoms with Crippen molar-refractivity contribution in [3.05, 3.63) is 41.2 Å². The Hall–Kier alpha value is -2.70. The van der Waals surface area contributed by atoms with E-state index < -0.39 is 17.8 Å². The maximum Gasteiger partial charge on any atom is 0.328 e. The average Bonchev–Trinajstić information content (AvgIpc) is 2.70. The van der Waals surface area contributed by atoms with Crippen LogP contribution in [0.4, 0.5) is 9.18 Å². The molecule has 104 valence electrons. The topological polar surface area (TPSA) is 86.7 Å². The van der Waals surface area contributed by atoms with Gasteiger partial charge in [0.15, 0.2) is 0 Å². The highest BCUT2D eigenvalue weighted by Crippen LogP contribution is 2.17. The molecule has 0 aromatic heterocycles. The van der Waals surface area contributed by atoms with E-state index in [1.807, 2.05) is 0 Å². The Labute approximate surface area is 113 Å². The number of aliphatic carboxylic acids is 1. The number of carboxylic acid groups (broad SMARTS) is 1. The maximum absolute atomic E-state index is 13.2. The lowest BCUT2D eigenvalue weighted by molar-refractivity contribution is -0.131. The van der Waals surface area contributed by atoms with Crippen LogP contribution in [0.15, 0.2) is 24.3 Å². The minimum Gasteiger partial charge on any atom is -0.478 e. The molecule has 1 fully saturated rings. The summed E-state index contributed by atoms with van der Waals surface area (Å²) in [5.74, 6) is -2.08.